The molecule has 0 aliphatic heterocycles. The topological polar surface area (TPSA) is 53.2 Å². The summed E-state index contributed by atoms with van der Waals surface area (Å²) in [6.45, 7) is 1.91. The number of para-hydroxylation sites is 1. The third-order valence-electron chi connectivity index (χ3n) is 3.38. The number of amides is 1. The molecule has 1 amide bonds. The maximum Gasteiger partial charge on any atom is 0.252 e. The Kier molecular flexibility index (Phi) is 7.06. The first-order valence-corrected chi connectivity index (χ1v) is 8.97. The van der Waals surface area contributed by atoms with Crippen LogP contribution in [-0.4, -0.2) is 21.0 Å². The molecule has 0 saturated heterocycles. The van der Waals surface area contributed by atoms with Gasteiger partial charge in [-0.1, -0.05) is 53.0 Å². The van der Waals surface area contributed by atoms with Gasteiger partial charge in [-0.15, -0.1) is 0 Å². The standard InChI is InChI=1S/C17H15Cl3FN3OS/c1-10-4-2-3-5-13(10)22-16(26)24-15(17(18,19)20)23-14(25)11-6-8-12(21)9-7-11/h2-9,15H,1H3,(H,23,25)(H2,22,24,26)/t15-/m1/s1. The van der Waals surface area contributed by atoms with Crippen LogP contribution in [-0.2, 0) is 0 Å². The van der Waals surface area contributed by atoms with Crippen LogP contribution in [0.5, 0.6) is 0 Å². The number of hydrogen-bond acceptors (Lipinski definition) is 2. The number of anilines is 1. The number of carbonyl (C=O) groups excluding carboxylic acids is 1. The Hall–Kier alpha value is -1.60. The smallest absolute Gasteiger partial charge is 0.252 e. The molecule has 0 aliphatic rings. The molecule has 0 fully saturated rings. The van der Waals surface area contributed by atoms with Crippen molar-refractivity contribution >= 4 is 63.7 Å². The zero-order valence-corrected chi connectivity index (χ0v) is 16.6. The van der Waals surface area contributed by atoms with E-state index in [2.05, 4.69) is 16.0 Å². The molecule has 0 aliphatic carbocycles. The molecule has 3 N–H and O–H groups in total. The second-order valence-electron chi connectivity index (χ2n) is 5.37. The van der Waals surface area contributed by atoms with Gasteiger partial charge in [-0.3, -0.25) is 4.79 Å². The highest BCUT2D eigenvalue weighted by Crippen LogP contribution is 2.29. The third kappa shape index (κ3) is 5.99. The fraction of sp³-hybridized carbons (Fsp3) is 0.176. The number of benzene rings is 2. The van der Waals surface area contributed by atoms with Crippen LogP contribution in [0, 0.1) is 12.7 Å². The Bertz CT molecular complexity index is 797. The lowest BCUT2D eigenvalue weighted by molar-refractivity contribution is 0.0934. The van der Waals surface area contributed by atoms with Crippen molar-refractivity contribution in [2.24, 2.45) is 0 Å². The number of thiocarbonyl (C=S) groups is 1. The minimum Gasteiger partial charge on any atom is -0.339 e. The van der Waals surface area contributed by atoms with Crippen molar-refractivity contribution in [2.45, 2.75) is 16.9 Å². The molecule has 0 saturated carbocycles. The van der Waals surface area contributed by atoms with Crippen molar-refractivity contribution in [1.82, 2.24) is 10.6 Å². The van der Waals surface area contributed by atoms with Crippen LogP contribution in [0.4, 0.5) is 10.1 Å². The summed E-state index contributed by atoms with van der Waals surface area (Å²) >= 11 is 23.0. The van der Waals surface area contributed by atoms with E-state index in [-0.39, 0.29) is 10.7 Å². The number of rotatable bonds is 4. The monoisotopic (exact) mass is 433 g/mol. The Morgan fingerprint density at radius 2 is 1.69 bits per heavy atom. The molecule has 0 heterocycles. The number of halogens is 4. The van der Waals surface area contributed by atoms with Crippen molar-refractivity contribution in [3.63, 3.8) is 0 Å². The molecule has 138 valence electrons. The summed E-state index contributed by atoms with van der Waals surface area (Å²) in [7, 11) is 0. The first-order valence-electron chi connectivity index (χ1n) is 7.43. The maximum absolute atomic E-state index is 13.0. The summed E-state index contributed by atoms with van der Waals surface area (Å²) in [6.07, 6.45) is -1.12. The average Bonchev–Trinajstić information content (AvgIpc) is 2.56. The number of carbonyl (C=O) groups is 1. The van der Waals surface area contributed by atoms with Gasteiger partial charge in [0.2, 0.25) is 3.79 Å². The van der Waals surface area contributed by atoms with E-state index in [9.17, 15) is 9.18 Å². The van der Waals surface area contributed by atoms with E-state index in [0.29, 0.717) is 0 Å². The van der Waals surface area contributed by atoms with E-state index < -0.39 is 21.7 Å². The van der Waals surface area contributed by atoms with E-state index in [1.165, 1.54) is 12.1 Å². The Labute approximate surface area is 171 Å². The molecule has 2 aromatic rings. The van der Waals surface area contributed by atoms with Crippen LogP contribution < -0.4 is 16.0 Å². The van der Waals surface area contributed by atoms with E-state index in [1.807, 2.05) is 31.2 Å². The van der Waals surface area contributed by atoms with Crippen molar-refractivity contribution in [2.75, 3.05) is 5.32 Å². The molecule has 2 rings (SSSR count). The van der Waals surface area contributed by atoms with Gasteiger partial charge < -0.3 is 16.0 Å². The number of aryl methyl sites for hydroxylation is 1. The molecule has 2 aromatic carbocycles. The van der Waals surface area contributed by atoms with Crippen LogP contribution in [0.25, 0.3) is 0 Å². The Morgan fingerprint density at radius 3 is 2.27 bits per heavy atom. The summed E-state index contributed by atoms with van der Waals surface area (Å²) in [6, 6.07) is 12.5. The Balaban J connectivity index is 2.07. The minimum atomic E-state index is -1.88. The molecule has 0 spiro atoms. The molecule has 26 heavy (non-hydrogen) atoms. The lowest BCUT2D eigenvalue weighted by Gasteiger charge is -2.28. The molecule has 4 nitrogen and oxygen atoms in total. The zero-order chi connectivity index (χ0) is 19.3. The summed E-state index contributed by atoms with van der Waals surface area (Å²) < 4.78 is 11.1. The molecule has 0 aromatic heterocycles. The number of hydrogen-bond donors (Lipinski definition) is 3. The number of nitrogens with one attached hydrogen (secondary N) is 3. The van der Waals surface area contributed by atoms with Gasteiger partial charge in [0.15, 0.2) is 5.11 Å². The largest absolute Gasteiger partial charge is 0.339 e. The van der Waals surface area contributed by atoms with E-state index in [4.69, 9.17) is 47.0 Å². The minimum absolute atomic E-state index is 0.162. The highest BCUT2D eigenvalue weighted by molar-refractivity contribution is 7.80. The first-order chi connectivity index (χ1) is 12.2. The lowest BCUT2D eigenvalue weighted by Crippen LogP contribution is -2.56. The maximum atomic E-state index is 13.0. The molecule has 0 bridgehead atoms. The van der Waals surface area contributed by atoms with Crippen LogP contribution in [0.1, 0.15) is 15.9 Å². The van der Waals surface area contributed by atoms with Gasteiger partial charge in [0.25, 0.3) is 5.91 Å². The summed E-state index contributed by atoms with van der Waals surface area (Å²) in [5.74, 6) is -1.01. The van der Waals surface area contributed by atoms with E-state index in [1.54, 1.807) is 0 Å². The fourth-order valence-electron chi connectivity index (χ4n) is 2.02. The second kappa shape index (κ2) is 8.86. The summed E-state index contributed by atoms with van der Waals surface area (Å²) in [5, 5.41) is 8.43. The van der Waals surface area contributed by atoms with Crippen molar-refractivity contribution in [1.29, 1.82) is 0 Å². The number of alkyl halides is 3. The quantitative estimate of drug-likeness (QED) is 0.375. The predicted molar refractivity (Wildman–Crippen MR) is 108 cm³/mol. The molecule has 0 unspecified atom stereocenters. The predicted octanol–water partition coefficient (Wildman–Crippen LogP) is 4.55. The molecule has 0 radical (unpaired) electrons. The van der Waals surface area contributed by atoms with Gasteiger partial charge in [-0.25, -0.2) is 4.39 Å². The Morgan fingerprint density at radius 1 is 1.08 bits per heavy atom. The average molecular weight is 435 g/mol. The molecule has 1 atom stereocenters. The van der Waals surface area contributed by atoms with Crippen LogP contribution >= 0.6 is 47.0 Å². The highest BCUT2D eigenvalue weighted by Gasteiger charge is 2.34. The van der Waals surface area contributed by atoms with Crippen LogP contribution in [0.3, 0.4) is 0 Å². The SMILES string of the molecule is Cc1ccccc1NC(=S)N[C@@H](NC(=O)c1ccc(F)cc1)C(Cl)(Cl)Cl. The van der Waals surface area contributed by atoms with Gasteiger partial charge in [0, 0.05) is 11.3 Å². The van der Waals surface area contributed by atoms with Gasteiger partial charge in [-0.05, 0) is 55.0 Å². The van der Waals surface area contributed by atoms with Gasteiger partial charge in [-0.2, -0.15) is 0 Å². The normalized spacial score (nSPS) is 12.2. The van der Waals surface area contributed by atoms with Gasteiger partial charge in [0.05, 0.1) is 0 Å². The van der Waals surface area contributed by atoms with Crippen molar-refractivity contribution in [3.8, 4) is 0 Å². The van der Waals surface area contributed by atoms with Crippen LogP contribution in [0.15, 0.2) is 48.5 Å². The zero-order valence-electron chi connectivity index (χ0n) is 13.5. The van der Waals surface area contributed by atoms with Crippen molar-refractivity contribution in [3.05, 3.63) is 65.5 Å². The highest BCUT2D eigenvalue weighted by atomic mass is 35.6. The van der Waals surface area contributed by atoms with Crippen molar-refractivity contribution < 1.29 is 9.18 Å². The van der Waals surface area contributed by atoms with Gasteiger partial charge in [0.1, 0.15) is 12.0 Å². The van der Waals surface area contributed by atoms with E-state index in [0.717, 1.165) is 23.4 Å². The second-order valence-corrected chi connectivity index (χ2v) is 8.15. The van der Waals surface area contributed by atoms with E-state index >= 15 is 0 Å². The van der Waals surface area contributed by atoms with Gasteiger partial charge >= 0.3 is 0 Å². The fourth-order valence-corrected chi connectivity index (χ4v) is 2.57. The first kappa shape index (κ1) is 20.7. The third-order valence-corrected chi connectivity index (χ3v) is 4.25. The van der Waals surface area contributed by atoms with Crippen LogP contribution in [0.2, 0.25) is 0 Å². The lowest BCUT2D eigenvalue weighted by atomic mass is 10.2. The molecule has 9 heteroatoms. The summed E-state index contributed by atoms with van der Waals surface area (Å²) in [5.41, 5.74) is 1.96. The molecular weight excluding hydrogens is 420 g/mol. The summed E-state index contributed by atoms with van der Waals surface area (Å²) in [4.78, 5) is 12.3. The molecular formula is C17H15Cl3FN3OS.